The maximum Gasteiger partial charge on any atom is 0.405 e. The first kappa shape index (κ1) is 8.79. The van der Waals surface area contributed by atoms with Crippen molar-refractivity contribution in [3.05, 3.63) is 0 Å². The van der Waals surface area contributed by atoms with Crippen molar-refractivity contribution in [1.29, 1.82) is 0 Å². The summed E-state index contributed by atoms with van der Waals surface area (Å²) in [6.07, 6.45) is -0.970. The number of carbonyl (C=O) groups excluding carboxylic acids is 2. The Labute approximate surface area is 69.0 Å². The van der Waals surface area contributed by atoms with Gasteiger partial charge in [-0.2, -0.15) is 0 Å². The van der Waals surface area contributed by atoms with Gasteiger partial charge >= 0.3 is 6.09 Å². The fraction of sp³-hybridized carbons (Fsp3) is 0.667. The third-order valence-electron chi connectivity index (χ3n) is 1.61. The molecule has 3 N–H and O–H groups in total. The first-order chi connectivity index (χ1) is 5.60. The lowest BCUT2D eigenvalue weighted by Crippen LogP contribution is -2.62. The molecule has 1 aliphatic heterocycles. The Morgan fingerprint density at radius 3 is 2.42 bits per heavy atom. The molecule has 1 fully saturated rings. The van der Waals surface area contributed by atoms with Gasteiger partial charge in [-0.15, -0.1) is 0 Å². The molecule has 6 nitrogen and oxygen atoms in total. The number of primary amides is 1. The van der Waals surface area contributed by atoms with Crippen molar-refractivity contribution >= 4 is 12.0 Å². The van der Waals surface area contributed by atoms with Gasteiger partial charge in [-0.25, -0.2) is 4.79 Å². The van der Waals surface area contributed by atoms with Crippen LogP contribution in [0.5, 0.6) is 0 Å². The largest absolute Gasteiger partial charge is 0.428 e. The van der Waals surface area contributed by atoms with Gasteiger partial charge in [0.1, 0.15) is 0 Å². The third kappa shape index (κ3) is 1.33. The lowest BCUT2D eigenvalue weighted by atomic mass is 10.0. The minimum atomic E-state index is -1.19. The van der Waals surface area contributed by atoms with Crippen LogP contribution in [-0.4, -0.2) is 37.9 Å². The van der Waals surface area contributed by atoms with E-state index in [4.69, 9.17) is 10.5 Å². The minimum Gasteiger partial charge on any atom is -0.428 e. The summed E-state index contributed by atoms with van der Waals surface area (Å²) in [5.74, 6) is -0.396. The molecule has 1 rings (SSSR count). The quantitative estimate of drug-likeness (QED) is 0.538. The van der Waals surface area contributed by atoms with Gasteiger partial charge in [0.25, 0.3) is 5.91 Å². The van der Waals surface area contributed by atoms with Crippen LogP contribution in [0.25, 0.3) is 0 Å². The smallest absolute Gasteiger partial charge is 0.405 e. The zero-order valence-electron chi connectivity index (χ0n) is 6.62. The van der Waals surface area contributed by atoms with Crippen molar-refractivity contribution in [3.63, 3.8) is 0 Å². The molecule has 0 bridgehead atoms. The van der Waals surface area contributed by atoms with Crippen LogP contribution in [0, 0.1) is 0 Å². The molecule has 0 saturated carbocycles. The number of nitrogens with two attached hydrogens (primary N) is 1. The SMILES string of the molecule is CNC(=O)C1(OC(N)=O)COC1. The summed E-state index contributed by atoms with van der Waals surface area (Å²) in [5.41, 5.74) is 3.59. The van der Waals surface area contributed by atoms with E-state index >= 15 is 0 Å². The highest BCUT2D eigenvalue weighted by atomic mass is 16.6. The number of carbonyl (C=O) groups is 2. The number of ether oxygens (including phenoxy) is 2. The number of hydrogen-bond donors (Lipinski definition) is 2. The summed E-state index contributed by atoms with van der Waals surface area (Å²) in [6.45, 7) is 0.130. The van der Waals surface area contributed by atoms with E-state index in [2.05, 4.69) is 10.1 Å². The molecule has 0 unspecified atom stereocenters. The van der Waals surface area contributed by atoms with Crippen LogP contribution < -0.4 is 11.1 Å². The summed E-state index contributed by atoms with van der Waals surface area (Å²) in [7, 11) is 1.45. The lowest BCUT2D eigenvalue weighted by molar-refractivity contribution is -0.189. The van der Waals surface area contributed by atoms with Crippen LogP contribution in [-0.2, 0) is 14.3 Å². The van der Waals surface area contributed by atoms with Crippen LogP contribution in [0.2, 0.25) is 0 Å². The molecule has 0 aromatic heterocycles. The van der Waals surface area contributed by atoms with E-state index in [0.29, 0.717) is 0 Å². The molecule has 12 heavy (non-hydrogen) atoms. The number of likely N-dealkylation sites (N-methyl/N-ethyl adjacent to an activating group) is 1. The van der Waals surface area contributed by atoms with Crippen molar-refractivity contribution in [3.8, 4) is 0 Å². The minimum absolute atomic E-state index is 0.0651. The molecule has 2 amide bonds. The molecule has 1 aliphatic rings. The predicted octanol–water partition coefficient (Wildman–Crippen LogP) is -1.40. The molecule has 1 heterocycles. The Bertz CT molecular complexity index is 212. The second-order valence-electron chi connectivity index (χ2n) is 2.49. The average molecular weight is 174 g/mol. The molecule has 0 radical (unpaired) electrons. The van der Waals surface area contributed by atoms with Crippen molar-refractivity contribution < 1.29 is 19.1 Å². The van der Waals surface area contributed by atoms with Gasteiger partial charge in [0.05, 0.1) is 13.2 Å². The van der Waals surface area contributed by atoms with Crippen LogP contribution in [0.4, 0.5) is 4.79 Å². The second-order valence-corrected chi connectivity index (χ2v) is 2.49. The van der Waals surface area contributed by atoms with Gasteiger partial charge in [0.15, 0.2) is 0 Å². The highest BCUT2D eigenvalue weighted by Crippen LogP contribution is 2.21. The lowest BCUT2D eigenvalue weighted by Gasteiger charge is -2.37. The fourth-order valence-corrected chi connectivity index (χ4v) is 0.944. The molecule has 0 spiro atoms. The molecule has 0 atom stereocenters. The molecule has 0 aromatic rings. The predicted molar refractivity (Wildman–Crippen MR) is 38.3 cm³/mol. The van der Waals surface area contributed by atoms with Crippen LogP contribution in [0.1, 0.15) is 0 Å². The summed E-state index contributed by atoms with van der Waals surface area (Å²) < 4.78 is 9.40. The Morgan fingerprint density at radius 2 is 2.17 bits per heavy atom. The van der Waals surface area contributed by atoms with E-state index in [0.717, 1.165) is 0 Å². The van der Waals surface area contributed by atoms with E-state index in [-0.39, 0.29) is 13.2 Å². The van der Waals surface area contributed by atoms with Crippen molar-refractivity contribution in [2.24, 2.45) is 5.73 Å². The van der Waals surface area contributed by atoms with Gasteiger partial charge in [0.2, 0.25) is 5.60 Å². The zero-order chi connectivity index (χ0) is 9.19. The molecular weight excluding hydrogens is 164 g/mol. The molecular formula is C6H10N2O4. The van der Waals surface area contributed by atoms with Gasteiger partial charge in [-0.05, 0) is 0 Å². The van der Waals surface area contributed by atoms with Gasteiger partial charge in [-0.3, -0.25) is 4.79 Å². The summed E-state index contributed by atoms with van der Waals surface area (Å²) in [6, 6.07) is 0. The number of rotatable bonds is 2. The molecule has 1 saturated heterocycles. The fourth-order valence-electron chi connectivity index (χ4n) is 0.944. The Hall–Kier alpha value is -1.30. The Kier molecular flexibility index (Phi) is 2.18. The van der Waals surface area contributed by atoms with E-state index in [9.17, 15) is 9.59 Å². The first-order valence-electron chi connectivity index (χ1n) is 3.39. The Morgan fingerprint density at radius 1 is 1.58 bits per heavy atom. The van der Waals surface area contributed by atoms with Crippen LogP contribution >= 0.6 is 0 Å². The maximum atomic E-state index is 11.1. The highest BCUT2D eigenvalue weighted by Gasteiger charge is 2.49. The molecule has 0 aromatic carbocycles. The van der Waals surface area contributed by atoms with E-state index < -0.39 is 17.6 Å². The average Bonchev–Trinajstić information content (AvgIpc) is 1.95. The van der Waals surface area contributed by atoms with Crippen LogP contribution in [0.3, 0.4) is 0 Å². The van der Waals surface area contributed by atoms with Gasteiger partial charge in [-0.1, -0.05) is 0 Å². The van der Waals surface area contributed by atoms with Crippen LogP contribution in [0.15, 0.2) is 0 Å². The third-order valence-corrected chi connectivity index (χ3v) is 1.61. The molecule has 6 heteroatoms. The maximum absolute atomic E-state index is 11.1. The van der Waals surface area contributed by atoms with E-state index in [1.807, 2.05) is 0 Å². The summed E-state index contributed by atoms with van der Waals surface area (Å²) in [4.78, 5) is 21.5. The Balaban J connectivity index is 2.62. The number of nitrogens with one attached hydrogen (secondary N) is 1. The standard InChI is InChI=1S/C6H10N2O4/c1-8-4(9)6(2-11-3-6)12-5(7)10/h2-3H2,1H3,(H2,7,10)(H,8,9). The monoisotopic (exact) mass is 174 g/mol. The van der Waals surface area contributed by atoms with Gasteiger partial charge in [0, 0.05) is 7.05 Å². The number of hydrogen-bond acceptors (Lipinski definition) is 4. The molecule has 0 aliphatic carbocycles. The van der Waals surface area contributed by atoms with Crippen molar-refractivity contribution in [1.82, 2.24) is 5.32 Å². The van der Waals surface area contributed by atoms with Gasteiger partial charge < -0.3 is 20.5 Å². The summed E-state index contributed by atoms with van der Waals surface area (Å²) in [5, 5.41) is 2.36. The van der Waals surface area contributed by atoms with E-state index in [1.54, 1.807) is 0 Å². The first-order valence-corrected chi connectivity index (χ1v) is 3.39. The van der Waals surface area contributed by atoms with Crippen molar-refractivity contribution in [2.75, 3.05) is 20.3 Å². The van der Waals surface area contributed by atoms with E-state index in [1.165, 1.54) is 7.05 Å². The topological polar surface area (TPSA) is 90.6 Å². The number of amides is 2. The normalized spacial score (nSPS) is 19.1. The highest BCUT2D eigenvalue weighted by molar-refractivity contribution is 5.88. The zero-order valence-corrected chi connectivity index (χ0v) is 6.62. The van der Waals surface area contributed by atoms with Crippen molar-refractivity contribution in [2.45, 2.75) is 5.60 Å². The molecule has 68 valence electrons. The summed E-state index contributed by atoms with van der Waals surface area (Å²) >= 11 is 0. The second kappa shape index (κ2) is 2.98.